The topological polar surface area (TPSA) is 105 Å². The van der Waals surface area contributed by atoms with Gasteiger partial charge in [-0.25, -0.2) is 8.42 Å². The number of carbonyl (C=O) groups excluding carboxylic acids is 2. The van der Waals surface area contributed by atoms with E-state index in [-0.39, 0.29) is 33.9 Å². The molecule has 1 aliphatic heterocycles. The van der Waals surface area contributed by atoms with Crippen molar-refractivity contribution >= 4 is 56.4 Å². The summed E-state index contributed by atoms with van der Waals surface area (Å²) in [5.41, 5.74) is 0.648. The van der Waals surface area contributed by atoms with E-state index in [1.54, 1.807) is 24.3 Å². The highest BCUT2D eigenvalue weighted by molar-refractivity contribution is 7.89. The molecular weight excluding hydrogens is 429 g/mol. The van der Waals surface area contributed by atoms with Crippen LogP contribution >= 0.6 is 23.2 Å². The summed E-state index contributed by atoms with van der Waals surface area (Å²) in [5, 5.41) is 5.32. The molecule has 2 aromatic rings. The second-order valence-electron chi connectivity index (χ2n) is 5.90. The number of anilines is 2. The standard InChI is InChI=1S/C17H15Cl2N3O5S/c1-22(8-16(23)20-12-5-3-2-4-10(12)18)28(25,26)15-7-14-13(6-11(15)19)21-17(24)9-27-14/h2-7H,8-9H2,1H3,(H,20,23)(H,21,24). The van der Waals surface area contributed by atoms with E-state index in [1.165, 1.54) is 19.2 Å². The number of hydrogen-bond donors (Lipinski definition) is 2. The summed E-state index contributed by atoms with van der Waals surface area (Å²) in [4.78, 5) is 23.3. The third kappa shape index (κ3) is 4.22. The number of para-hydroxylation sites is 1. The number of hydrogen-bond acceptors (Lipinski definition) is 5. The molecule has 1 aliphatic rings. The second-order valence-corrected chi connectivity index (χ2v) is 8.73. The lowest BCUT2D eigenvalue weighted by molar-refractivity contribution is -0.118. The normalized spacial score (nSPS) is 13.5. The number of nitrogens with one attached hydrogen (secondary N) is 2. The minimum atomic E-state index is -4.10. The SMILES string of the molecule is CN(CC(=O)Nc1ccccc1Cl)S(=O)(=O)c1cc2c(cc1Cl)NC(=O)CO2. The lowest BCUT2D eigenvalue weighted by Crippen LogP contribution is -2.35. The molecule has 2 N–H and O–H groups in total. The van der Waals surface area contributed by atoms with Gasteiger partial charge in [-0.15, -0.1) is 0 Å². The largest absolute Gasteiger partial charge is 0.482 e. The maximum absolute atomic E-state index is 12.9. The number of benzene rings is 2. The van der Waals surface area contributed by atoms with Crippen LogP contribution in [0.1, 0.15) is 0 Å². The van der Waals surface area contributed by atoms with Crippen LogP contribution in [-0.4, -0.2) is 44.7 Å². The molecule has 0 saturated heterocycles. The van der Waals surface area contributed by atoms with Crippen LogP contribution in [0, 0.1) is 0 Å². The molecule has 148 valence electrons. The first-order chi connectivity index (χ1) is 13.2. The predicted octanol–water partition coefficient (Wildman–Crippen LogP) is 2.58. The summed E-state index contributed by atoms with van der Waals surface area (Å²) in [6, 6.07) is 9.10. The van der Waals surface area contributed by atoms with E-state index in [1.807, 2.05) is 0 Å². The molecule has 0 saturated carbocycles. The molecule has 8 nitrogen and oxygen atoms in total. The molecule has 2 amide bonds. The molecule has 0 aliphatic carbocycles. The highest BCUT2D eigenvalue weighted by Crippen LogP contribution is 2.36. The van der Waals surface area contributed by atoms with E-state index in [0.29, 0.717) is 10.7 Å². The van der Waals surface area contributed by atoms with Crippen molar-refractivity contribution < 1.29 is 22.7 Å². The van der Waals surface area contributed by atoms with Crippen LogP contribution in [0.25, 0.3) is 0 Å². The van der Waals surface area contributed by atoms with Crippen LogP contribution in [0.3, 0.4) is 0 Å². The van der Waals surface area contributed by atoms with E-state index in [4.69, 9.17) is 27.9 Å². The van der Waals surface area contributed by atoms with Gasteiger partial charge < -0.3 is 15.4 Å². The first kappa shape index (κ1) is 20.4. The second kappa shape index (κ2) is 7.96. The zero-order valence-electron chi connectivity index (χ0n) is 14.5. The van der Waals surface area contributed by atoms with Gasteiger partial charge in [0.2, 0.25) is 15.9 Å². The van der Waals surface area contributed by atoms with E-state index >= 15 is 0 Å². The predicted molar refractivity (Wildman–Crippen MR) is 105 cm³/mol. The first-order valence-corrected chi connectivity index (χ1v) is 10.1. The lowest BCUT2D eigenvalue weighted by Gasteiger charge is -2.22. The number of rotatable bonds is 5. The Kier molecular flexibility index (Phi) is 5.80. The van der Waals surface area contributed by atoms with Gasteiger partial charge in [-0.05, 0) is 18.2 Å². The van der Waals surface area contributed by atoms with E-state index in [0.717, 1.165) is 4.31 Å². The molecule has 11 heteroatoms. The highest BCUT2D eigenvalue weighted by Gasteiger charge is 2.29. The van der Waals surface area contributed by atoms with E-state index < -0.39 is 22.5 Å². The molecule has 0 bridgehead atoms. The van der Waals surface area contributed by atoms with Gasteiger partial charge in [-0.1, -0.05) is 35.3 Å². The van der Waals surface area contributed by atoms with E-state index in [9.17, 15) is 18.0 Å². The number of sulfonamides is 1. The summed E-state index contributed by atoms with van der Waals surface area (Å²) in [6.45, 7) is -0.692. The van der Waals surface area contributed by atoms with Gasteiger partial charge in [0.15, 0.2) is 6.61 Å². The van der Waals surface area contributed by atoms with Crippen molar-refractivity contribution in [3.05, 3.63) is 46.4 Å². The van der Waals surface area contributed by atoms with Crippen LogP contribution in [0.5, 0.6) is 5.75 Å². The maximum atomic E-state index is 12.9. The number of halogens is 2. The Morgan fingerprint density at radius 1 is 1.25 bits per heavy atom. The Labute approximate surface area is 171 Å². The van der Waals surface area contributed by atoms with Gasteiger partial charge >= 0.3 is 0 Å². The molecule has 0 aromatic heterocycles. The summed E-state index contributed by atoms with van der Waals surface area (Å²) in [7, 11) is -2.85. The Bertz CT molecular complexity index is 1060. The maximum Gasteiger partial charge on any atom is 0.262 e. The quantitative estimate of drug-likeness (QED) is 0.738. The van der Waals surface area contributed by atoms with Crippen molar-refractivity contribution in [1.29, 1.82) is 0 Å². The molecule has 0 fully saturated rings. The fourth-order valence-corrected chi connectivity index (χ4v) is 4.31. The molecule has 28 heavy (non-hydrogen) atoms. The molecule has 0 spiro atoms. The van der Waals surface area contributed by atoms with Crippen molar-refractivity contribution in [2.45, 2.75) is 4.90 Å². The third-order valence-electron chi connectivity index (χ3n) is 3.87. The van der Waals surface area contributed by atoms with Crippen molar-refractivity contribution in [2.75, 3.05) is 30.8 Å². The van der Waals surface area contributed by atoms with Crippen molar-refractivity contribution in [3.8, 4) is 5.75 Å². The molecule has 0 atom stereocenters. The van der Waals surface area contributed by atoms with Crippen molar-refractivity contribution in [2.24, 2.45) is 0 Å². The lowest BCUT2D eigenvalue weighted by atomic mass is 10.2. The average Bonchev–Trinajstić information content (AvgIpc) is 2.62. The van der Waals surface area contributed by atoms with Crippen molar-refractivity contribution in [1.82, 2.24) is 4.31 Å². The van der Waals surface area contributed by atoms with Gasteiger partial charge in [0.1, 0.15) is 10.6 Å². The van der Waals surface area contributed by atoms with Gasteiger partial charge in [0.05, 0.1) is 28.0 Å². The van der Waals surface area contributed by atoms with Gasteiger partial charge in [0.25, 0.3) is 5.91 Å². The first-order valence-electron chi connectivity index (χ1n) is 7.95. The summed E-state index contributed by atoms with van der Waals surface area (Å²) >= 11 is 12.1. The summed E-state index contributed by atoms with van der Waals surface area (Å²) in [5.74, 6) is -0.763. The molecule has 1 heterocycles. The zero-order chi connectivity index (χ0) is 20.5. The molecule has 2 aromatic carbocycles. The van der Waals surface area contributed by atoms with Crippen LogP contribution < -0.4 is 15.4 Å². The minimum absolute atomic E-state index is 0.108. The highest BCUT2D eigenvalue weighted by atomic mass is 35.5. The number of nitrogens with zero attached hydrogens (tertiary/aromatic N) is 1. The molecule has 3 rings (SSSR count). The fraction of sp³-hybridized carbons (Fsp3) is 0.176. The van der Waals surface area contributed by atoms with E-state index in [2.05, 4.69) is 10.6 Å². The van der Waals surface area contributed by atoms with Gasteiger partial charge in [-0.3, -0.25) is 9.59 Å². The minimum Gasteiger partial charge on any atom is -0.482 e. The Morgan fingerprint density at radius 2 is 1.96 bits per heavy atom. The Balaban J connectivity index is 1.79. The molecule has 0 unspecified atom stereocenters. The van der Waals surface area contributed by atoms with Crippen LogP contribution in [0.15, 0.2) is 41.3 Å². The number of carbonyl (C=O) groups is 2. The summed E-state index contributed by atoms with van der Waals surface area (Å²) < 4.78 is 31.8. The summed E-state index contributed by atoms with van der Waals surface area (Å²) in [6.07, 6.45) is 0. The zero-order valence-corrected chi connectivity index (χ0v) is 16.9. The number of ether oxygens (including phenoxy) is 1. The van der Waals surface area contributed by atoms with Crippen LogP contribution in [0.2, 0.25) is 10.0 Å². The van der Waals surface area contributed by atoms with Crippen molar-refractivity contribution in [3.63, 3.8) is 0 Å². The van der Waals surface area contributed by atoms with Crippen LogP contribution in [0.4, 0.5) is 11.4 Å². The van der Waals surface area contributed by atoms with Gasteiger partial charge in [0, 0.05) is 13.1 Å². The number of fused-ring (bicyclic) bond motifs is 1. The Hall–Kier alpha value is -2.33. The number of likely N-dealkylation sites (N-methyl/N-ethyl adjacent to an activating group) is 1. The van der Waals surface area contributed by atoms with Gasteiger partial charge in [-0.2, -0.15) is 4.31 Å². The van der Waals surface area contributed by atoms with Crippen LogP contribution in [-0.2, 0) is 19.6 Å². The molecular formula is C17H15Cl2N3O5S. The number of amides is 2. The average molecular weight is 444 g/mol. The Morgan fingerprint density at radius 3 is 2.68 bits per heavy atom. The molecule has 0 radical (unpaired) electrons. The monoisotopic (exact) mass is 443 g/mol. The third-order valence-corrected chi connectivity index (χ3v) is 6.47. The smallest absolute Gasteiger partial charge is 0.262 e. The fourth-order valence-electron chi connectivity index (χ4n) is 2.49.